The second kappa shape index (κ2) is 11.7. The zero-order chi connectivity index (χ0) is 27.4. The number of fused-ring (bicyclic) bond motifs is 1. The fraction of sp³-hybridized carbons (Fsp3) is 0.241. The Labute approximate surface area is 232 Å². The number of piperazine rings is 1. The first-order chi connectivity index (χ1) is 19.0. The van der Waals surface area contributed by atoms with Gasteiger partial charge < -0.3 is 20.7 Å². The molecule has 1 aliphatic heterocycles. The summed E-state index contributed by atoms with van der Waals surface area (Å²) in [5, 5.41) is 36.1. The summed E-state index contributed by atoms with van der Waals surface area (Å²) in [5.41, 5.74) is 5.23. The van der Waals surface area contributed by atoms with E-state index in [1.807, 2.05) is 42.7 Å². The number of rotatable bonds is 8. The maximum Gasteiger partial charge on any atom is 0.128 e. The second-order valence-electron chi connectivity index (χ2n) is 9.40. The number of nitriles is 1. The molecule has 3 aromatic heterocycles. The number of β-amino-alcohol motifs (C(OH)–C–C–N with tert-alkyl or cyclic N) is 1. The third-order valence-electron chi connectivity index (χ3n) is 6.96. The number of aliphatic hydroxyl groups is 1. The van der Waals surface area contributed by atoms with Crippen molar-refractivity contribution in [2.24, 2.45) is 0 Å². The zero-order valence-corrected chi connectivity index (χ0v) is 22.3. The van der Waals surface area contributed by atoms with Gasteiger partial charge in [-0.05, 0) is 35.9 Å². The van der Waals surface area contributed by atoms with E-state index >= 15 is 0 Å². The Morgan fingerprint density at radius 1 is 1.18 bits per heavy atom. The standard InChI is InChI=1S/C29H29ClN8O/c1-33-15-23(13-31)22-12-26(29-24(14-32)17-35-38(29)18-22)21-4-7-28(34-16-21)37-10-8-36(9-11-37)19-27(39)20-2-5-25(30)6-3-20/h2-7,12-13,15-18,27,31,33,39H,8-11,19H2,1H3/b23-15+,31-13?. The molecule has 0 radical (unpaired) electrons. The largest absolute Gasteiger partial charge is 0.393 e. The van der Waals surface area contributed by atoms with Crippen molar-refractivity contribution in [2.75, 3.05) is 44.7 Å². The number of nitrogens with one attached hydrogen (secondary N) is 2. The lowest BCUT2D eigenvalue weighted by Gasteiger charge is -2.36. The molecular weight excluding hydrogens is 512 g/mol. The molecule has 5 rings (SSSR count). The molecule has 0 aliphatic carbocycles. The summed E-state index contributed by atoms with van der Waals surface area (Å²) in [4.78, 5) is 9.26. The number of allylic oxidation sites excluding steroid dienone is 1. The van der Waals surface area contributed by atoms with Crippen molar-refractivity contribution in [3.05, 3.63) is 89.0 Å². The van der Waals surface area contributed by atoms with Crippen LogP contribution in [0.15, 0.2) is 67.3 Å². The molecule has 0 saturated carbocycles. The van der Waals surface area contributed by atoms with Crippen molar-refractivity contribution in [1.82, 2.24) is 24.8 Å². The van der Waals surface area contributed by atoms with Crippen LogP contribution in [-0.2, 0) is 0 Å². The summed E-state index contributed by atoms with van der Waals surface area (Å²) in [7, 11) is 1.79. The van der Waals surface area contributed by atoms with Crippen LogP contribution in [0.4, 0.5) is 5.82 Å². The van der Waals surface area contributed by atoms with Crippen molar-refractivity contribution >= 4 is 34.7 Å². The molecule has 0 bridgehead atoms. The quantitative estimate of drug-likeness (QED) is 0.289. The van der Waals surface area contributed by atoms with Gasteiger partial charge in [0, 0.05) is 91.9 Å². The highest BCUT2D eigenvalue weighted by Crippen LogP contribution is 2.31. The molecule has 1 atom stereocenters. The van der Waals surface area contributed by atoms with E-state index in [9.17, 15) is 10.4 Å². The monoisotopic (exact) mass is 540 g/mol. The number of pyridine rings is 2. The van der Waals surface area contributed by atoms with Crippen LogP contribution in [0, 0.1) is 16.7 Å². The van der Waals surface area contributed by atoms with Crippen LogP contribution < -0.4 is 10.2 Å². The highest BCUT2D eigenvalue weighted by atomic mass is 35.5. The van der Waals surface area contributed by atoms with Gasteiger partial charge in [-0.2, -0.15) is 10.4 Å². The Balaban J connectivity index is 1.32. The van der Waals surface area contributed by atoms with E-state index in [4.69, 9.17) is 22.0 Å². The van der Waals surface area contributed by atoms with Gasteiger partial charge in [0.2, 0.25) is 0 Å². The normalized spacial score (nSPS) is 15.2. The van der Waals surface area contributed by atoms with E-state index in [1.165, 1.54) is 6.21 Å². The summed E-state index contributed by atoms with van der Waals surface area (Å²) in [6, 6.07) is 15.5. The Morgan fingerprint density at radius 3 is 2.59 bits per heavy atom. The van der Waals surface area contributed by atoms with Gasteiger partial charge in [0.1, 0.15) is 11.9 Å². The molecule has 3 N–H and O–H groups in total. The highest BCUT2D eigenvalue weighted by Gasteiger charge is 2.21. The zero-order valence-electron chi connectivity index (χ0n) is 21.5. The van der Waals surface area contributed by atoms with E-state index < -0.39 is 6.10 Å². The van der Waals surface area contributed by atoms with Gasteiger partial charge >= 0.3 is 0 Å². The molecule has 0 amide bonds. The van der Waals surface area contributed by atoms with Crippen LogP contribution in [0.25, 0.3) is 22.2 Å². The third-order valence-corrected chi connectivity index (χ3v) is 7.21. The predicted octanol–water partition coefficient (Wildman–Crippen LogP) is 3.99. The minimum atomic E-state index is -0.559. The van der Waals surface area contributed by atoms with E-state index in [0.29, 0.717) is 28.2 Å². The average molecular weight is 541 g/mol. The number of benzene rings is 1. The molecule has 0 spiro atoms. The van der Waals surface area contributed by atoms with E-state index in [0.717, 1.165) is 54.3 Å². The Hall–Kier alpha value is -4.23. The Morgan fingerprint density at radius 2 is 1.95 bits per heavy atom. The van der Waals surface area contributed by atoms with E-state index in [2.05, 4.69) is 26.3 Å². The molecule has 39 heavy (non-hydrogen) atoms. The summed E-state index contributed by atoms with van der Waals surface area (Å²) < 4.78 is 1.68. The molecule has 1 saturated heterocycles. The Kier molecular flexibility index (Phi) is 7.89. The van der Waals surface area contributed by atoms with E-state index in [1.54, 1.807) is 36.1 Å². The van der Waals surface area contributed by atoms with Gasteiger partial charge in [-0.1, -0.05) is 23.7 Å². The van der Waals surface area contributed by atoms with Gasteiger partial charge in [0.25, 0.3) is 0 Å². The van der Waals surface area contributed by atoms with Crippen molar-refractivity contribution < 1.29 is 5.11 Å². The minimum Gasteiger partial charge on any atom is -0.393 e. The van der Waals surface area contributed by atoms with Crippen LogP contribution in [0.2, 0.25) is 5.02 Å². The molecule has 9 nitrogen and oxygen atoms in total. The summed E-state index contributed by atoms with van der Waals surface area (Å²) in [6.45, 7) is 3.82. The van der Waals surface area contributed by atoms with Gasteiger partial charge in [-0.25, -0.2) is 9.50 Å². The van der Waals surface area contributed by atoms with Gasteiger partial charge in [0.15, 0.2) is 0 Å². The smallest absolute Gasteiger partial charge is 0.128 e. The highest BCUT2D eigenvalue weighted by molar-refractivity contribution is 6.30. The topological polar surface area (TPSA) is 117 Å². The lowest BCUT2D eigenvalue weighted by molar-refractivity contribution is 0.109. The molecule has 4 aromatic rings. The maximum absolute atomic E-state index is 10.6. The van der Waals surface area contributed by atoms with E-state index in [-0.39, 0.29) is 0 Å². The van der Waals surface area contributed by atoms with Crippen molar-refractivity contribution in [3.8, 4) is 17.2 Å². The van der Waals surface area contributed by atoms with Crippen LogP contribution in [-0.4, -0.2) is 70.6 Å². The molecular formula is C29H29ClN8O. The number of hydrogen-bond acceptors (Lipinski definition) is 8. The van der Waals surface area contributed by atoms with Gasteiger partial charge in [-0.15, -0.1) is 0 Å². The molecule has 198 valence electrons. The molecule has 4 heterocycles. The number of nitrogens with zero attached hydrogens (tertiary/aromatic N) is 6. The fourth-order valence-corrected chi connectivity index (χ4v) is 5.00. The molecule has 10 heteroatoms. The van der Waals surface area contributed by atoms with Gasteiger partial charge in [0.05, 0.1) is 23.4 Å². The summed E-state index contributed by atoms with van der Waals surface area (Å²) >= 11 is 5.97. The SMILES string of the molecule is CN/C=C(\C=N)c1cc(-c2ccc(N3CCN(CC(O)c4ccc(Cl)cc4)CC3)nc2)c2c(C#N)cnn2c1. The molecule has 1 aromatic carbocycles. The molecule has 1 unspecified atom stereocenters. The fourth-order valence-electron chi connectivity index (χ4n) is 4.87. The number of anilines is 1. The third kappa shape index (κ3) is 5.64. The molecule has 1 fully saturated rings. The van der Waals surface area contributed by atoms with Crippen molar-refractivity contribution in [3.63, 3.8) is 0 Å². The first kappa shape index (κ1) is 26.4. The lowest BCUT2D eigenvalue weighted by atomic mass is 10.0. The van der Waals surface area contributed by atoms with Crippen molar-refractivity contribution in [2.45, 2.75) is 6.10 Å². The first-order valence-corrected chi connectivity index (χ1v) is 13.1. The number of hydrogen-bond donors (Lipinski definition) is 3. The van der Waals surface area contributed by atoms with Crippen LogP contribution in [0.1, 0.15) is 22.8 Å². The van der Waals surface area contributed by atoms with Crippen LogP contribution in [0.3, 0.4) is 0 Å². The summed E-state index contributed by atoms with van der Waals surface area (Å²) in [5.74, 6) is 0.882. The Bertz CT molecular complexity index is 1530. The summed E-state index contributed by atoms with van der Waals surface area (Å²) in [6.07, 6.45) is 7.68. The second-order valence-corrected chi connectivity index (χ2v) is 9.83. The van der Waals surface area contributed by atoms with Gasteiger partial charge in [-0.3, -0.25) is 4.90 Å². The molecule has 1 aliphatic rings. The first-order valence-electron chi connectivity index (χ1n) is 12.7. The predicted molar refractivity (Wildman–Crippen MR) is 154 cm³/mol. The lowest BCUT2D eigenvalue weighted by Crippen LogP contribution is -2.47. The maximum atomic E-state index is 10.6. The minimum absolute atomic E-state index is 0.478. The van der Waals surface area contributed by atoms with Crippen molar-refractivity contribution in [1.29, 1.82) is 10.7 Å². The average Bonchev–Trinajstić information content (AvgIpc) is 3.39. The van der Waals surface area contributed by atoms with Crippen LogP contribution >= 0.6 is 11.6 Å². The number of aromatic nitrogens is 3. The van der Waals surface area contributed by atoms with Crippen LogP contribution in [0.5, 0.6) is 0 Å². The number of halogens is 1. The number of aliphatic hydroxyl groups excluding tert-OH is 1.